The molecule has 2 amide bonds. The Morgan fingerprint density at radius 1 is 0.853 bits per heavy atom. The molecule has 1 aromatic heterocycles. The van der Waals surface area contributed by atoms with Gasteiger partial charge in [-0.25, -0.2) is 0 Å². The summed E-state index contributed by atoms with van der Waals surface area (Å²) in [6, 6.07) is 11.4. The van der Waals surface area contributed by atoms with E-state index in [1.165, 1.54) is 4.68 Å². The van der Waals surface area contributed by atoms with Gasteiger partial charge in [0, 0.05) is 29.7 Å². The quantitative estimate of drug-likeness (QED) is 0.576. The van der Waals surface area contributed by atoms with Gasteiger partial charge in [0.15, 0.2) is 28.7 Å². The zero-order valence-corrected chi connectivity index (χ0v) is 18.6. The highest BCUT2D eigenvalue weighted by Gasteiger charge is 2.22. The summed E-state index contributed by atoms with van der Waals surface area (Å²) in [4.78, 5) is 25.7. The van der Waals surface area contributed by atoms with Crippen molar-refractivity contribution in [2.45, 2.75) is 19.4 Å². The molecule has 2 aliphatic rings. The molecule has 5 rings (SSSR count). The number of hydrogen-bond donors (Lipinski definition) is 2. The number of aromatic nitrogens is 2. The Labute approximate surface area is 195 Å². The predicted octanol–water partition coefficient (Wildman–Crippen LogP) is 3.27. The van der Waals surface area contributed by atoms with Crippen molar-refractivity contribution in [1.29, 1.82) is 0 Å². The number of benzene rings is 2. The lowest BCUT2D eigenvalue weighted by atomic mass is 10.2. The molecule has 0 radical (unpaired) electrons. The van der Waals surface area contributed by atoms with Crippen molar-refractivity contribution < 1.29 is 28.5 Å². The number of carbonyl (C=O) groups is 2. The van der Waals surface area contributed by atoms with Crippen LogP contribution in [0, 0.1) is 0 Å². The van der Waals surface area contributed by atoms with Gasteiger partial charge in [-0.1, -0.05) is 6.92 Å². The molecule has 0 unspecified atom stereocenters. The van der Waals surface area contributed by atoms with Crippen molar-refractivity contribution in [3.05, 3.63) is 54.4 Å². The highest BCUT2D eigenvalue weighted by atomic mass is 16.6. The van der Waals surface area contributed by atoms with Crippen LogP contribution >= 0.6 is 0 Å². The average Bonchev–Trinajstić information content (AvgIpc) is 3.34. The zero-order chi connectivity index (χ0) is 23.5. The van der Waals surface area contributed by atoms with Gasteiger partial charge < -0.3 is 29.6 Å². The summed E-state index contributed by atoms with van der Waals surface area (Å²) in [5.41, 5.74) is 1.35. The van der Waals surface area contributed by atoms with Crippen LogP contribution in [0.5, 0.6) is 23.0 Å². The van der Waals surface area contributed by atoms with Gasteiger partial charge in [-0.05, 0) is 36.8 Å². The van der Waals surface area contributed by atoms with Gasteiger partial charge in [0.2, 0.25) is 5.91 Å². The second-order valence-electron chi connectivity index (χ2n) is 7.77. The summed E-state index contributed by atoms with van der Waals surface area (Å²) in [5.74, 6) is 1.82. The fourth-order valence-corrected chi connectivity index (χ4v) is 3.79. The first-order valence-corrected chi connectivity index (χ1v) is 11.1. The minimum Gasteiger partial charge on any atom is -0.486 e. The summed E-state index contributed by atoms with van der Waals surface area (Å²) in [6.07, 6.45) is 2.11. The van der Waals surface area contributed by atoms with E-state index in [0.29, 0.717) is 67.2 Å². The first kappa shape index (κ1) is 21.6. The van der Waals surface area contributed by atoms with Gasteiger partial charge >= 0.3 is 0 Å². The second-order valence-corrected chi connectivity index (χ2v) is 7.77. The number of amides is 2. The SMILES string of the molecule is CC[C@H](C(=O)Nc1ccc2c(c1)OCCO2)n1ccc(C(=O)Nc2ccc3c(c2)OCCO3)n1. The first-order valence-electron chi connectivity index (χ1n) is 11.1. The van der Waals surface area contributed by atoms with Crippen molar-refractivity contribution >= 4 is 23.2 Å². The fraction of sp³-hybridized carbons (Fsp3) is 0.292. The molecule has 3 aromatic rings. The van der Waals surface area contributed by atoms with Crippen molar-refractivity contribution in [1.82, 2.24) is 9.78 Å². The Kier molecular flexibility index (Phi) is 5.94. The third-order valence-electron chi connectivity index (χ3n) is 5.46. The number of anilines is 2. The molecule has 0 bridgehead atoms. The van der Waals surface area contributed by atoms with E-state index in [4.69, 9.17) is 18.9 Å². The van der Waals surface area contributed by atoms with Gasteiger partial charge in [-0.15, -0.1) is 0 Å². The minimum absolute atomic E-state index is 0.195. The molecular weight excluding hydrogens is 440 g/mol. The molecule has 0 fully saturated rings. The molecule has 0 aliphatic carbocycles. The average molecular weight is 464 g/mol. The molecule has 0 saturated carbocycles. The Hall–Kier alpha value is -4.21. The molecule has 10 heteroatoms. The number of ether oxygens (including phenoxy) is 4. The molecule has 176 valence electrons. The zero-order valence-electron chi connectivity index (χ0n) is 18.6. The van der Waals surface area contributed by atoms with E-state index in [1.54, 1.807) is 48.7 Å². The molecule has 3 heterocycles. The molecule has 10 nitrogen and oxygen atoms in total. The van der Waals surface area contributed by atoms with Crippen molar-refractivity contribution in [3.8, 4) is 23.0 Å². The van der Waals surface area contributed by atoms with Crippen LogP contribution in [0.1, 0.15) is 29.9 Å². The van der Waals surface area contributed by atoms with Gasteiger partial charge in [0.05, 0.1) is 0 Å². The smallest absolute Gasteiger partial charge is 0.276 e. The minimum atomic E-state index is -0.593. The van der Waals surface area contributed by atoms with Crippen molar-refractivity contribution in [2.24, 2.45) is 0 Å². The number of hydrogen-bond acceptors (Lipinski definition) is 7. The van der Waals surface area contributed by atoms with Gasteiger partial charge in [-0.2, -0.15) is 5.10 Å². The topological polar surface area (TPSA) is 113 Å². The number of rotatable bonds is 6. The standard InChI is InChI=1S/C24H24N4O6/c1-2-18(24(30)26-16-4-6-20-22(14-16)34-12-10-32-20)28-8-7-17(27-28)23(29)25-15-3-5-19-21(13-15)33-11-9-31-19/h3-8,13-14,18H,2,9-12H2,1H3,(H,25,29)(H,26,30)/t18-/m1/s1. The fourth-order valence-electron chi connectivity index (χ4n) is 3.79. The van der Waals surface area contributed by atoms with Crippen LogP contribution in [0.15, 0.2) is 48.7 Å². The van der Waals surface area contributed by atoms with E-state index >= 15 is 0 Å². The molecule has 0 spiro atoms. The Morgan fingerprint density at radius 3 is 2.00 bits per heavy atom. The summed E-state index contributed by atoms with van der Waals surface area (Å²) in [6.45, 7) is 3.80. The summed E-state index contributed by atoms with van der Waals surface area (Å²) in [5, 5.41) is 10.0. The third-order valence-corrected chi connectivity index (χ3v) is 5.46. The Balaban J connectivity index is 1.26. The van der Waals surface area contributed by atoms with Crippen LogP contribution in [0.25, 0.3) is 0 Å². The molecule has 2 aromatic carbocycles. The normalized spacial score (nSPS) is 14.7. The van der Waals surface area contributed by atoms with Gasteiger partial charge in [-0.3, -0.25) is 14.3 Å². The summed E-state index contributed by atoms with van der Waals surface area (Å²) >= 11 is 0. The summed E-state index contributed by atoms with van der Waals surface area (Å²) < 4.78 is 23.6. The molecule has 2 N–H and O–H groups in total. The largest absolute Gasteiger partial charge is 0.486 e. The Bertz CT molecular complexity index is 1220. The second kappa shape index (κ2) is 9.34. The number of nitrogens with zero attached hydrogens (tertiary/aromatic N) is 2. The monoisotopic (exact) mass is 464 g/mol. The lowest BCUT2D eigenvalue weighted by Gasteiger charge is -2.20. The van der Waals surface area contributed by atoms with Crippen LogP contribution in [-0.2, 0) is 4.79 Å². The highest BCUT2D eigenvalue weighted by molar-refractivity contribution is 6.03. The summed E-state index contributed by atoms with van der Waals surface area (Å²) in [7, 11) is 0. The molecule has 1 atom stereocenters. The van der Waals surface area contributed by atoms with E-state index in [0.717, 1.165) is 0 Å². The van der Waals surface area contributed by atoms with Gasteiger partial charge in [0.1, 0.15) is 32.5 Å². The number of carbonyl (C=O) groups excluding carboxylic acids is 2. The molecular formula is C24H24N4O6. The lowest BCUT2D eigenvalue weighted by Crippen LogP contribution is -2.26. The molecule has 2 aliphatic heterocycles. The maximum absolute atomic E-state index is 12.9. The maximum atomic E-state index is 12.9. The van der Waals surface area contributed by atoms with E-state index in [-0.39, 0.29) is 11.6 Å². The van der Waals surface area contributed by atoms with E-state index in [9.17, 15) is 9.59 Å². The number of nitrogens with one attached hydrogen (secondary N) is 2. The maximum Gasteiger partial charge on any atom is 0.276 e. The van der Waals surface area contributed by atoms with Crippen LogP contribution in [0.2, 0.25) is 0 Å². The molecule has 0 saturated heterocycles. The highest BCUT2D eigenvalue weighted by Crippen LogP contribution is 2.34. The van der Waals surface area contributed by atoms with Crippen LogP contribution in [-0.4, -0.2) is 48.0 Å². The van der Waals surface area contributed by atoms with Crippen LogP contribution in [0.3, 0.4) is 0 Å². The van der Waals surface area contributed by atoms with E-state index in [2.05, 4.69) is 15.7 Å². The van der Waals surface area contributed by atoms with E-state index < -0.39 is 11.9 Å². The van der Waals surface area contributed by atoms with Crippen LogP contribution < -0.4 is 29.6 Å². The molecule has 34 heavy (non-hydrogen) atoms. The lowest BCUT2D eigenvalue weighted by molar-refractivity contribution is -0.119. The third kappa shape index (κ3) is 4.47. The van der Waals surface area contributed by atoms with Crippen LogP contribution in [0.4, 0.5) is 11.4 Å². The van der Waals surface area contributed by atoms with Crippen molar-refractivity contribution in [3.63, 3.8) is 0 Å². The van der Waals surface area contributed by atoms with Gasteiger partial charge in [0.25, 0.3) is 5.91 Å². The number of fused-ring (bicyclic) bond motifs is 2. The van der Waals surface area contributed by atoms with Crippen molar-refractivity contribution in [2.75, 3.05) is 37.1 Å². The Morgan fingerprint density at radius 2 is 1.41 bits per heavy atom. The predicted molar refractivity (Wildman–Crippen MR) is 123 cm³/mol. The van der Waals surface area contributed by atoms with E-state index in [1.807, 2.05) is 6.92 Å². The first-order chi connectivity index (χ1) is 16.6.